The van der Waals surface area contributed by atoms with Crippen LogP contribution in [0.3, 0.4) is 0 Å². The molecule has 0 aromatic carbocycles. The van der Waals surface area contributed by atoms with Gasteiger partial charge >= 0.3 is 0 Å². The zero-order chi connectivity index (χ0) is 0. The quantitative estimate of drug-likeness (QED) is 0.445. The fourth-order valence-electron chi connectivity index (χ4n) is 0. The molecule has 4 heavy (non-hydrogen) atoms. The predicted molar refractivity (Wildman–Crippen MR) is 11.5 cm³/mol. The minimum absolute atomic E-state index is 0. The molecular formula is AlGaGdLu. The Bertz CT molecular complexity index is 8.00. The standard InChI is InChI=1S/Al.Ga.Gd.Lu. The van der Waals surface area contributed by atoms with Gasteiger partial charge in [0.25, 0.3) is 0 Å². The van der Waals surface area contributed by atoms with Gasteiger partial charge in [-0.05, 0) is 0 Å². The molecule has 0 rings (SSSR count). The van der Waals surface area contributed by atoms with Gasteiger partial charge < -0.3 is 0 Å². The second-order valence-electron chi connectivity index (χ2n) is 0. The average Bonchev–Trinajstić information content (AvgIpc) is 0. The van der Waals surface area contributed by atoms with Gasteiger partial charge in [0.1, 0.15) is 0 Å². The molecule has 0 aliphatic heterocycles. The molecule has 4 heteroatoms. The number of hydrogen-bond donors (Lipinski definition) is 0. The molecule has 0 aliphatic rings. The van der Waals surface area contributed by atoms with Crippen molar-refractivity contribution in [1.29, 1.82) is 0 Å². The smallest absolute Gasteiger partial charge is 0 e. The van der Waals surface area contributed by atoms with Crippen LogP contribution >= 0.6 is 0 Å². The Morgan fingerprint density at radius 3 is 1.00 bits per heavy atom. The fraction of sp³-hybridized carbons (Fsp3) is 0. The third kappa shape index (κ3) is 9.21. The molecule has 0 nitrogen and oxygen atoms in total. The monoisotopic (exact) mass is 429 g/mol. The van der Waals surface area contributed by atoms with Crippen LogP contribution in [-0.2, 0) is 0 Å². The fourth-order valence-corrected chi connectivity index (χ4v) is 0. The Morgan fingerprint density at radius 1 is 1.00 bits per heavy atom. The van der Waals surface area contributed by atoms with Crippen LogP contribution in [-0.4, -0.2) is 37.2 Å². The third-order valence-electron chi connectivity index (χ3n) is 0. The topological polar surface area (TPSA) is 0 Å². The molecule has 0 N–H and O–H groups in total. The van der Waals surface area contributed by atoms with E-state index < -0.39 is 0 Å². The summed E-state index contributed by atoms with van der Waals surface area (Å²) in [5.74, 6) is 0. The van der Waals surface area contributed by atoms with Gasteiger partial charge in [-0.15, -0.1) is 0 Å². The Hall–Kier alpha value is 3.73. The summed E-state index contributed by atoms with van der Waals surface area (Å²) >= 11 is 0. The molecule has 0 saturated heterocycles. The molecule has 0 aromatic rings. The van der Waals surface area contributed by atoms with Crippen molar-refractivity contribution < 1.29 is 76.8 Å². The van der Waals surface area contributed by atoms with Gasteiger partial charge in [0.15, 0.2) is 0 Å². The van der Waals surface area contributed by atoms with E-state index in [4.69, 9.17) is 0 Å². The van der Waals surface area contributed by atoms with Gasteiger partial charge in [0.05, 0.1) is 0 Å². The van der Waals surface area contributed by atoms with E-state index in [9.17, 15) is 0 Å². The molecule has 0 heterocycles. The molecular weight excluding hydrogens is 429 g/mol. The number of hydrogen-bond acceptors (Lipinski definition) is 0. The van der Waals surface area contributed by atoms with Crippen molar-refractivity contribution in [2.45, 2.75) is 0 Å². The van der Waals surface area contributed by atoms with Gasteiger partial charge in [-0.25, -0.2) is 0 Å². The third-order valence-corrected chi connectivity index (χ3v) is 0. The summed E-state index contributed by atoms with van der Waals surface area (Å²) in [6, 6.07) is 0. The van der Waals surface area contributed by atoms with Crippen LogP contribution < -0.4 is 0 Å². The minimum atomic E-state index is 0. The molecule has 29 valence electrons. The van der Waals surface area contributed by atoms with Crippen molar-refractivity contribution in [2.24, 2.45) is 0 Å². The first-order chi connectivity index (χ1) is 0. The van der Waals surface area contributed by atoms with Crippen LogP contribution in [0.15, 0.2) is 0 Å². The summed E-state index contributed by atoms with van der Waals surface area (Å²) < 4.78 is 0. The Morgan fingerprint density at radius 2 is 1.00 bits per heavy atom. The van der Waals surface area contributed by atoms with Gasteiger partial charge in [-0.3, -0.25) is 0 Å². The predicted octanol–water partition coefficient (Wildman–Crippen LogP) is -0.762. The van der Waals surface area contributed by atoms with Crippen LogP contribution in [0, 0.1) is 76.8 Å². The molecule has 0 spiro atoms. The van der Waals surface area contributed by atoms with E-state index in [2.05, 4.69) is 0 Å². The molecule has 0 amide bonds. The maximum Gasteiger partial charge on any atom is 0 e. The van der Waals surface area contributed by atoms with Crippen LogP contribution in [0.2, 0.25) is 0 Å². The number of rotatable bonds is 0. The van der Waals surface area contributed by atoms with Gasteiger partial charge in [0.2, 0.25) is 0 Å². The second kappa shape index (κ2) is 15.9. The molecule has 0 atom stereocenters. The van der Waals surface area contributed by atoms with Crippen molar-refractivity contribution in [3.05, 3.63) is 0 Å². The maximum absolute atomic E-state index is 0. The summed E-state index contributed by atoms with van der Waals surface area (Å²) in [4.78, 5) is 0. The Kier molecular flexibility index (Phi) is 100.0. The van der Waals surface area contributed by atoms with E-state index in [1.807, 2.05) is 0 Å². The Balaban J connectivity index is 0. The van der Waals surface area contributed by atoms with E-state index >= 15 is 0 Å². The molecule has 0 fully saturated rings. The van der Waals surface area contributed by atoms with Crippen molar-refractivity contribution >= 4 is 37.2 Å². The molecule has 0 aromatic heterocycles. The SMILES string of the molecule is [Al].[Ga].[Gd].[Lu]. The summed E-state index contributed by atoms with van der Waals surface area (Å²) in [6.45, 7) is 0. The van der Waals surface area contributed by atoms with Crippen LogP contribution in [0.5, 0.6) is 0 Å². The van der Waals surface area contributed by atoms with Gasteiger partial charge in [0, 0.05) is 114 Å². The Labute approximate surface area is 111 Å². The molecule has 0 bridgehead atoms. The first kappa shape index (κ1) is 25.2. The summed E-state index contributed by atoms with van der Waals surface area (Å²) in [7, 11) is 0. The van der Waals surface area contributed by atoms with E-state index in [0.717, 1.165) is 0 Å². The second-order valence-corrected chi connectivity index (χ2v) is 0. The molecule has 0 saturated carbocycles. The summed E-state index contributed by atoms with van der Waals surface area (Å²) in [5, 5.41) is 0. The van der Waals surface area contributed by atoms with Crippen molar-refractivity contribution in [3.8, 4) is 0 Å². The van der Waals surface area contributed by atoms with Crippen molar-refractivity contribution in [1.82, 2.24) is 0 Å². The normalized spacial score (nSPS) is 0. The van der Waals surface area contributed by atoms with E-state index in [-0.39, 0.29) is 114 Å². The van der Waals surface area contributed by atoms with Crippen LogP contribution in [0.4, 0.5) is 0 Å². The maximum atomic E-state index is 0. The average molecular weight is 429 g/mol. The first-order valence-electron chi connectivity index (χ1n) is 0. The van der Waals surface area contributed by atoms with Crippen molar-refractivity contribution in [2.75, 3.05) is 0 Å². The molecule has 0 aliphatic carbocycles. The zero-order valence-electron chi connectivity index (χ0n) is 1.77. The first-order valence-corrected chi connectivity index (χ1v) is 0. The summed E-state index contributed by atoms with van der Waals surface area (Å²) in [6.07, 6.45) is 0. The summed E-state index contributed by atoms with van der Waals surface area (Å²) in [5.41, 5.74) is 0. The largest absolute Gasteiger partial charge is 0 e. The van der Waals surface area contributed by atoms with E-state index in [1.54, 1.807) is 0 Å². The van der Waals surface area contributed by atoms with E-state index in [1.165, 1.54) is 0 Å². The van der Waals surface area contributed by atoms with Gasteiger partial charge in [-0.1, -0.05) is 0 Å². The van der Waals surface area contributed by atoms with Crippen LogP contribution in [0.25, 0.3) is 0 Å². The van der Waals surface area contributed by atoms with Crippen molar-refractivity contribution in [3.63, 3.8) is 0 Å². The molecule has 7 radical (unpaired) electrons. The van der Waals surface area contributed by atoms with Crippen LogP contribution in [0.1, 0.15) is 0 Å². The van der Waals surface area contributed by atoms with E-state index in [0.29, 0.717) is 0 Å². The molecule has 0 unspecified atom stereocenters. The van der Waals surface area contributed by atoms with Gasteiger partial charge in [-0.2, -0.15) is 0 Å². The minimum Gasteiger partial charge on any atom is 0 e. The zero-order valence-corrected chi connectivity index (χ0v) is 9.27.